The number of rotatable bonds is 2. The minimum absolute atomic E-state index is 0.184. The maximum atomic E-state index is 8.41. The Morgan fingerprint density at radius 3 is 3.09 bits per heavy atom. The van der Waals surface area contributed by atoms with Gasteiger partial charge in [0.2, 0.25) is 0 Å². The minimum Gasteiger partial charge on any atom is -0.268 e. The van der Waals surface area contributed by atoms with Crippen LogP contribution >= 0.6 is 22.6 Å². The molecule has 0 bridgehead atoms. The zero-order valence-corrected chi connectivity index (χ0v) is 8.32. The molecule has 0 unspecified atom stereocenters. The van der Waals surface area contributed by atoms with Crippen molar-refractivity contribution in [1.82, 2.24) is 9.78 Å². The molecule has 4 heteroatoms. The maximum absolute atomic E-state index is 8.41. The molecule has 1 rings (SSSR count). The third-order valence-electron chi connectivity index (χ3n) is 1.41. The zero-order chi connectivity index (χ0) is 8.27. The van der Waals surface area contributed by atoms with E-state index < -0.39 is 0 Å². The van der Waals surface area contributed by atoms with Crippen molar-refractivity contribution in [2.45, 2.75) is 19.4 Å². The molecule has 1 atom stereocenters. The van der Waals surface area contributed by atoms with Gasteiger partial charge in [-0.3, -0.25) is 4.68 Å². The molecule has 11 heavy (non-hydrogen) atoms. The summed E-state index contributed by atoms with van der Waals surface area (Å²) in [7, 11) is 0. The zero-order valence-electron chi connectivity index (χ0n) is 6.16. The molecule has 0 radical (unpaired) electrons. The summed E-state index contributed by atoms with van der Waals surface area (Å²) in [6, 6.07) is 2.30. The number of hydrogen-bond acceptors (Lipinski definition) is 2. The summed E-state index contributed by atoms with van der Waals surface area (Å²) in [6.45, 7) is 1.98. The van der Waals surface area contributed by atoms with E-state index in [1.54, 1.807) is 6.20 Å². The van der Waals surface area contributed by atoms with Gasteiger partial charge in [-0.2, -0.15) is 10.4 Å². The second kappa shape index (κ2) is 3.72. The first-order valence-electron chi connectivity index (χ1n) is 3.30. The number of nitriles is 1. The third-order valence-corrected chi connectivity index (χ3v) is 1.97. The Balaban J connectivity index is 2.70. The van der Waals surface area contributed by atoms with Gasteiger partial charge in [-0.1, -0.05) is 0 Å². The standard InChI is InChI=1S/C7H8IN3/c1-6(2-3-9)11-5-7(8)4-10-11/h4-6H,2H2,1H3/t6-/m1/s1. The predicted molar refractivity (Wildman–Crippen MR) is 49.9 cm³/mol. The van der Waals surface area contributed by atoms with Crippen molar-refractivity contribution in [2.75, 3.05) is 0 Å². The Morgan fingerprint density at radius 2 is 2.64 bits per heavy atom. The number of aromatic nitrogens is 2. The van der Waals surface area contributed by atoms with Gasteiger partial charge in [-0.25, -0.2) is 0 Å². The lowest BCUT2D eigenvalue weighted by atomic mass is 10.3. The molecule has 1 heterocycles. The van der Waals surface area contributed by atoms with Crippen LogP contribution in [0.1, 0.15) is 19.4 Å². The molecule has 0 N–H and O–H groups in total. The number of nitrogens with zero attached hydrogens (tertiary/aromatic N) is 3. The summed E-state index contributed by atoms with van der Waals surface area (Å²) in [5.41, 5.74) is 0. The van der Waals surface area contributed by atoms with E-state index >= 15 is 0 Å². The van der Waals surface area contributed by atoms with Crippen LogP contribution in [0.3, 0.4) is 0 Å². The fraction of sp³-hybridized carbons (Fsp3) is 0.429. The van der Waals surface area contributed by atoms with Gasteiger partial charge in [0.1, 0.15) is 0 Å². The van der Waals surface area contributed by atoms with Crippen molar-refractivity contribution >= 4 is 22.6 Å². The molecule has 0 saturated heterocycles. The van der Waals surface area contributed by atoms with Gasteiger partial charge in [0.25, 0.3) is 0 Å². The van der Waals surface area contributed by atoms with Crippen LogP contribution in [-0.2, 0) is 0 Å². The van der Waals surface area contributed by atoms with E-state index in [9.17, 15) is 0 Å². The average molecular weight is 261 g/mol. The first kappa shape index (κ1) is 8.53. The van der Waals surface area contributed by atoms with Gasteiger partial charge >= 0.3 is 0 Å². The molecule has 1 aromatic rings. The lowest BCUT2D eigenvalue weighted by Gasteiger charge is -2.05. The average Bonchev–Trinajstić information content (AvgIpc) is 2.36. The molecule has 0 aliphatic carbocycles. The van der Waals surface area contributed by atoms with Crippen molar-refractivity contribution in [2.24, 2.45) is 0 Å². The summed E-state index contributed by atoms with van der Waals surface area (Å²) in [6.07, 6.45) is 4.23. The van der Waals surface area contributed by atoms with Crippen LogP contribution in [0.2, 0.25) is 0 Å². The fourth-order valence-electron chi connectivity index (χ4n) is 0.782. The van der Waals surface area contributed by atoms with Gasteiger partial charge in [-0.05, 0) is 29.5 Å². The van der Waals surface area contributed by atoms with Crippen LogP contribution in [0.15, 0.2) is 12.4 Å². The first-order valence-corrected chi connectivity index (χ1v) is 4.38. The SMILES string of the molecule is C[C@H](CC#N)n1cc(I)cn1. The highest BCUT2D eigenvalue weighted by atomic mass is 127. The Hall–Kier alpha value is -0.570. The smallest absolute Gasteiger partial charge is 0.0644 e. The van der Waals surface area contributed by atoms with Gasteiger partial charge in [0, 0.05) is 6.20 Å². The van der Waals surface area contributed by atoms with Crippen LogP contribution in [0, 0.1) is 14.9 Å². The summed E-state index contributed by atoms with van der Waals surface area (Å²) in [4.78, 5) is 0. The van der Waals surface area contributed by atoms with Gasteiger partial charge in [0.15, 0.2) is 0 Å². The van der Waals surface area contributed by atoms with Crippen molar-refractivity contribution < 1.29 is 0 Å². The normalized spacial score (nSPS) is 12.5. The lowest BCUT2D eigenvalue weighted by Crippen LogP contribution is -2.03. The molecule has 0 aliphatic heterocycles. The highest BCUT2D eigenvalue weighted by molar-refractivity contribution is 14.1. The monoisotopic (exact) mass is 261 g/mol. The van der Waals surface area contributed by atoms with E-state index in [1.807, 2.05) is 17.8 Å². The van der Waals surface area contributed by atoms with Crippen LogP contribution in [0.5, 0.6) is 0 Å². The Labute approximate surface area is 79.2 Å². The van der Waals surface area contributed by atoms with Crippen LogP contribution < -0.4 is 0 Å². The lowest BCUT2D eigenvalue weighted by molar-refractivity contribution is 0.500. The topological polar surface area (TPSA) is 41.6 Å². The van der Waals surface area contributed by atoms with E-state index in [0.717, 1.165) is 3.57 Å². The van der Waals surface area contributed by atoms with Crippen molar-refractivity contribution in [3.05, 3.63) is 16.0 Å². The van der Waals surface area contributed by atoms with Crippen LogP contribution in [0.4, 0.5) is 0 Å². The maximum Gasteiger partial charge on any atom is 0.0644 e. The molecule has 0 aliphatic rings. The Kier molecular flexibility index (Phi) is 2.88. The summed E-state index contributed by atoms with van der Waals surface area (Å²) in [5.74, 6) is 0. The second-order valence-corrected chi connectivity index (χ2v) is 3.60. The highest BCUT2D eigenvalue weighted by Crippen LogP contribution is 2.10. The molecular weight excluding hydrogens is 253 g/mol. The van der Waals surface area contributed by atoms with E-state index in [4.69, 9.17) is 5.26 Å². The number of hydrogen-bond donors (Lipinski definition) is 0. The molecule has 0 aromatic carbocycles. The molecule has 0 saturated carbocycles. The Morgan fingerprint density at radius 1 is 1.91 bits per heavy atom. The molecule has 3 nitrogen and oxygen atoms in total. The van der Waals surface area contributed by atoms with E-state index in [-0.39, 0.29) is 6.04 Å². The minimum atomic E-state index is 0.184. The summed E-state index contributed by atoms with van der Waals surface area (Å²) in [5, 5.41) is 12.5. The largest absolute Gasteiger partial charge is 0.268 e. The molecule has 1 aromatic heterocycles. The Bertz CT molecular complexity index is 273. The molecular formula is C7H8IN3. The predicted octanol–water partition coefficient (Wildman–Crippen LogP) is 1.96. The van der Waals surface area contributed by atoms with Crippen LogP contribution in [0.25, 0.3) is 0 Å². The van der Waals surface area contributed by atoms with Crippen molar-refractivity contribution in [3.63, 3.8) is 0 Å². The van der Waals surface area contributed by atoms with Gasteiger partial charge in [-0.15, -0.1) is 0 Å². The fourth-order valence-corrected chi connectivity index (χ4v) is 1.19. The molecule has 0 amide bonds. The number of halogens is 1. The van der Waals surface area contributed by atoms with E-state index in [2.05, 4.69) is 33.8 Å². The summed E-state index contributed by atoms with van der Waals surface area (Å²) < 4.78 is 2.91. The van der Waals surface area contributed by atoms with Crippen molar-refractivity contribution in [1.29, 1.82) is 5.26 Å². The molecule has 0 spiro atoms. The first-order chi connectivity index (χ1) is 5.24. The quantitative estimate of drug-likeness (QED) is 0.763. The molecule has 0 fully saturated rings. The molecule has 58 valence electrons. The van der Waals surface area contributed by atoms with Gasteiger partial charge < -0.3 is 0 Å². The van der Waals surface area contributed by atoms with Gasteiger partial charge in [0.05, 0.1) is 28.3 Å². The van der Waals surface area contributed by atoms with Crippen LogP contribution in [-0.4, -0.2) is 9.78 Å². The second-order valence-electron chi connectivity index (χ2n) is 2.35. The van der Waals surface area contributed by atoms with Crippen molar-refractivity contribution in [3.8, 4) is 6.07 Å². The van der Waals surface area contributed by atoms with E-state index in [0.29, 0.717) is 6.42 Å². The summed E-state index contributed by atoms with van der Waals surface area (Å²) >= 11 is 2.20. The third kappa shape index (κ3) is 2.19. The highest BCUT2D eigenvalue weighted by Gasteiger charge is 2.03. The van der Waals surface area contributed by atoms with E-state index in [1.165, 1.54) is 0 Å².